The van der Waals surface area contributed by atoms with Gasteiger partial charge in [-0.25, -0.2) is 4.39 Å². The van der Waals surface area contributed by atoms with Crippen molar-refractivity contribution in [2.75, 3.05) is 11.9 Å². The molecule has 1 rings (SSSR count). The molecular formula is C8H8BrFN2O. The highest BCUT2D eigenvalue weighted by atomic mass is 79.9. The van der Waals surface area contributed by atoms with Crippen LogP contribution in [0.4, 0.5) is 10.1 Å². The minimum absolute atomic E-state index is 0.129. The molecule has 0 aliphatic rings. The van der Waals surface area contributed by atoms with Crippen LogP contribution in [0.1, 0.15) is 0 Å². The Balaban J connectivity index is 2.87. The van der Waals surface area contributed by atoms with Gasteiger partial charge < -0.3 is 11.1 Å². The van der Waals surface area contributed by atoms with Crippen molar-refractivity contribution in [3.05, 3.63) is 28.5 Å². The monoisotopic (exact) mass is 246 g/mol. The molecule has 1 aromatic carbocycles. The van der Waals surface area contributed by atoms with Crippen molar-refractivity contribution in [2.45, 2.75) is 0 Å². The van der Waals surface area contributed by atoms with Gasteiger partial charge in [-0.05, 0) is 18.2 Å². The summed E-state index contributed by atoms with van der Waals surface area (Å²) in [5.74, 6) is -0.901. The van der Waals surface area contributed by atoms with E-state index in [4.69, 9.17) is 5.73 Å². The van der Waals surface area contributed by atoms with Crippen LogP contribution in [-0.2, 0) is 4.79 Å². The lowest BCUT2D eigenvalue weighted by molar-refractivity contribution is -0.114. The van der Waals surface area contributed by atoms with E-state index in [2.05, 4.69) is 21.2 Å². The van der Waals surface area contributed by atoms with E-state index in [0.29, 0.717) is 4.47 Å². The van der Waals surface area contributed by atoms with Crippen molar-refractivity contribution in [2.24, 2.45) is 5.73 Å². The fourth-order valence-corrected chi connectivity index (χ4v) is 1.16. The number of hydrogen-bond donors (Lipinski definition) is 2. The zero-order valence-corrected chi connectivity index (χ0v) is 8.27. The summed E-state index contributed by atoms with van der Waals surface area (Å²) in [7, 11) is 0. The largest absolute Gasteiger partial charge is 0.322 e. The van der Waals surface area contributed by atoms with Crippen LogP contribution < -0.4 is 11.1 Å². The van der Waals surface area contributed by atoms with Crippen molar-refractivity contribution in [3.8, 4) is 0 Å². The molecule has 13 heavy (non-hydrogen) atoms. The molecule has 0 saturated heterocycles. The molecule has 0 saturated carbocycles. The smallest absolute Gasteiger partial charge is 0.238 e. The summed E-state index contributed by atoms with van der Waals surface area (Å²) in [6.45, 7) is -0.161. The number of hydrogen-bond acceptors (Lipinski definition) is 2. The molecule has 0 fully saturated rings. The van der Waals surface area contributed by atoms with E-state index in [1.54, 1.807) is 6.07 Å². The first kappa shape index (κ1) is 10.1. The summed E-state index contributed by atoms with van der Waals surface area (Å²) >= 11 is 3.16. The van der Waals surface area contributed by atoms with E-state index in [0.717, 1.165) is 0 Å². The van der Waals surface area contributed by atoms with E-state index in [-0.39, 0.29) is 12.2 Å². The molecule has 0 bridgehead atoms. The van der Waals surface area contributed by atoms with Gasteiger partial charge in [0.1, 0.15) is 5.82 Å². The maximum absolute atomic E-state index is 13.0. The molecule has 0 atom stereocenters. The maximum Gasteiger partial charge on any atom is 0.238 e. The van der Waals surface area contributed by atoms with Crippen LogP contribution in [0.25, 0.3) is 0 Å². The van der Waals surface area contributed by atoms with E-state index < -0.39 is 11.7 Å². The van der Waals surface area contributed by atoms with Gasteiger partial charge in [0, 0.05) is 4.47 Å². The Morgan fingerprint density at radius 3 is 2.92 bits per heavy atom. The molecule has 0 heterocycles. The number of carbonyl (C=O) groups excluding carboxylic acids is 1. The molecule has 1 aromatic rings. The van der Waals surface area contributed by atoms with Crippen LogP contribution in [0, 0.1) is 5.82 Å². The lowest BCUT2D eigenvalue weighted by Crippen LogP contribution is -2.22. The first-order valence-electron chi connectivity index (χ1n) is 3.58. The third-order valence-corrected chi connectivity index (χ3v) is 1.88. The highest BCUT2D eigenvalue weighted by Gasteiger charge is 2.05. The normalized spacial score (nSPS) is 9.77. The summed E-state index contributed by atoms with van der Waals surface area (Å²) < 4.78 is 13.7. The molecule has 0 aliphatic carbocycles. The van der Waals surface area contributed by atoms with E-state index >= 15 is 0 Å². The first-order chi connectivity index (χ1) is 6.13. The van der Waals surface area contributed by atoms with Crippen LogP contribution in [0.15, 0.2) is 22.7 Å². The van der Waals surface area contributed by atoms with E-state index in [9.17, 15) is 9.18 Å². The quantitative estimate of drug-likeness (QED) is 0.831. The van der Waals surface area contributed by atoms with Crippen molar-refractivity contribution < 1.29 is 9.18 Å². The summed E-state index contributed by atoms with van der Waals surface area (Å²) in [4.78, 5) is 10.8. The van der Waals surface area contributed by atoms with Crippen molar-refractivity contribution in [1.29, 1.82) is 0 Å². The van der Waals surface area contributed by atoms with Crippen molar-refractivity contribution in [1.82, 2.24) is 0 Å². The Labute approximate surface area is 83.2 Å². The fourth-order valence-electron chi connectivity index (χ4n) is 0.795. The number of halogens is 2. The molecule has 0 aromatic heterocycles. The number of carbonyl (C=O) groups is 1. The molecule has 1 amide bonds. The molecule has 0 aliphatic heterocycles. The summed E-state index contributed by atoms with van der Waals surface area (Å²) in [6, 6.07) is 4.28. The summed E-state index contributed by atoms with van der Waals surface area (Å²) in [5.41, 5.74) is 5.19. The molecule has 5 heteroatoms. The van der Waals surface area contributed by atoms with Gasteiger partial charge in [-0.1, -0.05) is 15.9 Å². The molecule has 0 radical (unpaired) electrons. The van der Waals surface area contributed by atoms with Crippen molar-refractivity contribution in [3.63, 3.8) is 0 Å². The molecular weight excluding hydrogens is 239 g/mol. The maximum atomic E-state index is 13.0. The van der Waals surface area contributed by atoms with Crippen LogP contribution in [0.3, 0.4) is 0 Å². The number of anilines is 1. The molecule has 3 nitrogen and oxygen atoms in total. The predicted octanol–water partition coefficient (Wildman–Crippen LogP) is 1.49. The minimum Gasteiger partial charge on any atom is -0.322 e. The van der Waals surface area contributed by atoms with Crippen LogP contribution in [0.2, 0.25) is 0 Å². The number of nitrogens with two attached hydrogens (primary N) is 1. The van der Waals surface area contributed by atoms with Gasteiger partial charge in [0.05, 0.1) is 12.2 Å². The Hall–Kier alpha value is -0.940. The molecule has 0 spiro atoms. The highest BCUT2D eigenvalue weighted by molar-refractivity contribution is 9.10. The number of benzene rings is 1. The second kappa shape index (κ2) is 4.34. The predicted molar refractivity (Wildman–Crippen MR) is 51.8 cm³/mol. The SMILES string of the molecule is NCC(=O)Nc1cc(Br)ccc1F. The number of amides is 1. The molecule has 0 unspecified atom stereocenters. The lowest BCUT2D eigenvalue weighted by Gasteiger charge is -2.04. The topological polar surface area (TPSA) is 55.1 Å². The lowest BCUT2D eigenvalue weighted by atomic mass is 10.3. The standard InChI is InChI=1S/C8H8BrFN2O/c9-5-1-2-6(10)7(3-5)12-8(13)4-11/h1-3H,4,11H2,(H,12,13). The Bertz CT molecular complexity index is 330. The molecule has 3 N–H and O–H groups in total. The average molecular weight is 247 g/mol. The van der Waals surface area contributed by atoms with Gasteiger partial charge >= 0.3 is 0 Å². The number of nitrogens with one attached hydrogen (secondary N) is 1. The van der Waals surface area contributed by atoms with Gasteiger partial charge in [-0.15, -0.1) is 0 Å². The Morgan fingerprint density at radius 1 is 1.62 bits per heavy atom. The average Bonchev–Trinajstić information content (AvgIpc) is 2.11. The highest BCUT2D eigenvalue weighted by Crippen LogP contribution is 2.19. The minimum atomic E-state index is -0.481. The van der Waals surface area contributed by atoms with E-state index in [1.807, 2.05) is 0 Å². The van der Waals surface area contributed by atoms with Gasteiger partial charge in [0.15, 0.2) is 0 Å². The van der Waals surface area contributed by atoms with Gasteiger partial charge in [-0.2, -0.15) is 0 Å². The Kier molecular flexibility index (Phi) is 3.39. The Morgan fingerprint density at radius 2 is 2.31 bits per heavy atom. The molecule has 70 valence electrons. The summed E-state index contributed by atoms with van der Waals surface area (Å²) in [5, 5.41) is 2.33. The van der Waals surface area contributed by atoms with Gasteiger partial charge in [-0.3, -0.25) is 4.79 Å². The summed E-state index contributed by atoms with van der Waals surface area (Å²) in [6.07, 6.45) is 0. The van der Waals surface area contributed by atoms with Crippen LogP contribution in [-0.4, -0.2) is 12.5 Å². The van der Waals surface area contributed by atoms with Crippen LogP contribution >= 0.6 is 15.9 Å². The zero-order valence-electron chi connectivity index (χ0n) is 6.68. The van der Waals surface area contributed by atoms with Crippen molar-refractivity contribution >= 4 is 27.5 Å². The number of rotatable bonds is 2. The first-order valence-corrected chi connectivity index (χ1v) is 4.37. The van der Waals surface area contributed by atoms with Gasteiger partial charge in [0.2, 0.25) is 5.91 Å². The second-order valence-electron chi connectivity index (χ2n) is 2.38. The zero-order chi connectivity index (χ0) is 9.84. The van der Waals surface area contributed by atoms with E-state index in [1.165, 1.54) is 12.1 Å². The second-order valence-corrected chi connectivity index (χ2v) is 3.29. The third kappa shape index (κ3) is 2.78. The van der Waals surface area contributed by atoms with Crippen LogP contribution in [0.5, 0.6) is 0 Å². The fraction of sp³-hybridized carbons (Fsp3) is 0.125. The third-order valence-electron chi connectivity index (χ3n) is 1.39. The van der Waals surface area contributed by atoms with Gasteiger partial charge in [0.25, 0.3) is 0 Å².